The first-order valence-corrected chi connectivity index (χ1v) is 4.40. The molecular weight excluding hydrogens is 164 g/mol. The van der Waals surface area contributed by atoms with Crippen LogP contribution >= 0.6 is 0 Å². The Kier molecular flexibility index (Phi) is 2.71. The number of benzene rings is 1. The molecule has 0 radical (unpaired) electrons. The summed E-state index contributed by atoms with van der Waals surface area (Å²) in [4.78, 5) is 10.8. The zero-order valence-corrected chi connectivity index (χ0v) is 8.22. The quantitative estimate of drug-likeness (QED) is 0.755. The second-order valence-corrected chi connectivity index (χ2v) is 3.19. The van der Waals surface area contributed by atoms with Gasteiger partial charge in [0.2, 0.25) is 0 Å². The normalized spacial score (nSPS) is 10.1. The maximum atomic E-state index is 10.8. The van der Waals surface area contributed by atoms with Gasteiger partial charge in [-0.1, -0.05) is 13.0 Å². The van der Waals surface area contributed by atoms with Crippen molar-refractivity contribution in [3.05, 3.63) is 34.4 Å². The van der Waals surface area contributed by atoms with Crippen LogP contribution in [0.1, 0.15) is 34.0 Å². The molecule has 1 aromatic carbocycles. The van der Waals surface area contributed by atoms with Crippen LogP contribution in [0.3, 0.4) is 0 Å². The first-order valence-electron chi connectivity index (χ1n) is 4.40. The molecule has 0 bridgehead atoms. The Labute approximate surface area is 78.2 Å². The van der Waals surface area contributed by atoms with E-state index in [0.29, 0.717) is 5.56 Å². The van der Waals surface area contributed by atoms with E-state index in [4.69, 9.17) is 5.11 Å². The van der Waals surface area contributed by atoms with E-state index in [2.05, 4.69) is 0 Å². The first kappa shape index (κ1) is 9.78. The summed E-state index contributed by atoms with van der Waals surface area (Å²) in [6.07, 6.45) is 0.773. The Balaban J connectivity index is 3.38. The van der Waals surface area contributed by atoms with Crippen molar-refractivity contribution in [2.45, 2.75) is 27.2 Å². The van der Waals surface area contributed by atoms with E-state index in [1.807, 2.05) is 26.8 Å². The Morgan fingerprint density at radius 2 is 2.00 bits per heavy atom. The van der Waals surface area contributed by atoms with Gasteiger partial charge in [-0.25, -0.2) is 4.79 Å². The summed E-state index contributed by atoms with van der Waals surface area (Å²) >= 11 is 0. The van der Waals surface area contributed by atoms with E-state index in [1.54, 1.807) is 6.07 Å². The summed E-state index contributed by atoms with van der Waals surface area (Å²) in [5, 5.41) is 8.91. The van der Waals surface area contributed by atoms with E-state index in [1.165, 1.54) is 0 Å². The van der Waals surface area contributed by atoms with Gasteiger partial charge in [-0.3, -0.25) is 0 Å². The summed E-state index contributed by atoms with van der Waals surface area (Å²) in [6.45, 7) is 5.95. The second kappa shape index (κ2) is 3.60. The van der Waals surface area contributed by atoms with Crippen molar-refractivity contribution in [2.75, 3.05) is 0 Å². The zero-order chi connectivity index (χ0) is 10.0. The summed E-state index contributed by atoms with van der Waals surface area (Å²) in [5.41, 5.74) is 3.64. The number of hydrogen-bond donors (Lipinski definition) is 1. The van der Waals surface area contributed by atoms with Gasteiger partial charge in [0.25, 0.3) is 0 Å². The fourth-order valence-electron chi connectivity index (χ4n) is 1.53. The van der Waals surface area contributed by atoms with Crippen LogP contribution in [0, 0.1) is 13.8 Å². The van der Waals surface area contributed by atoms with Gasteiger partial charge < -0.3 is 5.11 Å². The summed E-state index contributed by atoms with van der Waals surface area (Å²) in [7, 11) is 0. The third kappa shape index (κ3) is 1.72. The largest absolute Gasteiger partial charge is 0.478 e. The average Bonchev–Trinajstić information content (AvgIpc) is 2.09. The van der Waals surface area contributed by atoms with Crippen LogP contribution < -0.4 is 0 Å². The molecule has 0 spiro atoms. The van der Waals surface area contributed by atoms with Gasteiger partial charge in [0, 0.05) is 0 Å². The van der Waals surface area contributed by atoms with Crippen LogP contribution in [0.5, 0.6) is 0 Å². The van der Waals surface area contributed by atoms with E-state index in [9.17, 15) is 4.79 Å². The predicted molar refractivity (Wildman–Crippen MR) is 52.3 cm³/mol. The van der Waals surface area contributed by atoms with Crippen LogP contribution in [0.4, 0.5) is 0 Å². The van der Waals surface area contributed by atoms with Crippen molar-refractivity contribution in [1.29, 1.82) is 0 Å². The van der Waals surface area contributed by atoms with E-state index in [0.717, 1.165) is 23.1 Å². The van der Waals surface area contributed by atoms with Crippen molar-refractivity contribution in [3.8, 4) is 0 Å². The Hall–Kier alpha value is -1.31. The molecule has 0 aromatic heterocycles. The monoisotopic (exact) mass is 178 g/mol. The zero-order valence-electron chi connectivity index (χ0n) is 8.22. The van der Waals surface area contributed by atoms with Crippen molar-refractivity contribution in [1.82, 2.24) is 0 Å². The van der Waals surface area contributed by atoms with Gasteiger partial charge in [0.05, 0.1) is 5.56 Å². The lowest BCUT2D eigenvalue weighted by Crippen LogP contribution is -2.04. The summed E-state index contributed by atoms with van der Waals surface area (Å²) < 4.78 is 0. The highest BCUT2D eigenvalue weighted by atomic mass is 16.4. The van der Waals surface area contributed by atoms with Crippen LogP contribution in [0.2, 0.25) is 0 Å². The number of carboxylic acids is 1. The fraction of sp³-hybridized carbons (Fsp3) is 0.364. The van der Waals surface area contributed by atoms with Gasteiger partial charge in [-0.2, -0.15) is 0 Å². The van der Waals surface area contributed by atoms with Crippen molar-refractivity contribution in [3.63, 3.8) is 0 Å². The lowest BCUT2D eigenvalue weighted by Gasteiger charge is -2.09. The third-order valence-corrected chi connectivity index (χ3v) is 2.45. The third-order valence-electron chi connectivity index (χ3n) is 2.45. The predicted octanol–water partition coefficient (Wildman–Crippen LogP) is 2.56. The highest BCUT2D eigenvalue weighted by Crippen LogP contribution is 2.18. The molecule has 1 aromatic rings. The molecule has 1 N–H and O–H groups in total. The van der Waals surface area contributed by atoms with Gasteiger partial charge in [0.1, 0.15) is 0 Å². The molecule has 0 aliphatic heterocycles. The maximum Gasteiger partial charge on any atom is 0.335 e. The molecule has 2 nitrogen and oxygen atoms in total. The minimum Gasteiger partial charge on any atom is -0.478 e. The van der Waals surface area contributed by atoms with Gasteiger partial charge in [-0.15, -0.1) is 0 Å². The van der Waals surface area contributed by atoms with Crippen LogP contribution in [0.25, 0.3) is 0 Å². The SMILES string of the molecule is CCc1c(C(=O)O)ccc(C)c1C. The van der Waals surface area contributed by atoms with E-state index in [-0.39, 0.29) is 0 Å². The molecule has 0 saturated carbocycles. The number of aryl methyl sites for hydroxylation is 1. The first-order chi connectivity index (χ1) is 6.07. The average molecular weight is 178 g/mol. The Morgan fingerprint density at radius 1 is 1.38 bits per heavy atom. The number of aromatic carboxylic acids is 1. The fourth-order valence-corrected chi connectivity index (χ4v) is 1.53. The van der Waals surface area contributed by atoms with Crippen LogP contribution in [0.15, 0.2) is 12.1 Å². The number of rotatable bonds is 2. The van der Waals surface area contributed by atoms with Crippen molar-refractivity contribution >= 4 is 5.97 Å². The van der Waals surface area contributed by atoms with Crippen LogP contribution in [-0.4, -0.2) is 11.1 Å². The van der Waals surface area contributed by atoms with Crippen molar-refractivity contribution < 1.29 is 9.90 Å². The highest BCUT2D eigenvalue weighted by molar-refractivity contribution is 5.90. The molecular formula is C11H14O2. The molecule has 0 amide bonds. The number of hydrogen-bond acceptors (Lipinski definition) is 1. The Morgan fingerprint density at radius 3 is 2.46 bits per heavy atom. The summed E-state index contributed by atoms with van der Waals surface area (Å²) in [5.74, 6) is -0.833. The molecule has 0 atom stereocenters. The van der Waals surface area contributed by atoms with Gasteiger partial charge in [0.15, 0.2) is 0 Å². The Bertz CT molecular complexity index is 340. The number of carbonyl (C=O) groups is 1. The van der Waals surface area contributed by atoms with Gasteiger partial charge in [-0.05, 0) is 43.0 Å². The molecule has 2 heteroatoms. The molecule has 13 heavy (non-hydrogen) atoms. The standard InChI is InChI=1S/C11H14O2/c1-4-9-8(3)7(2)5-6-10(9)11(12)13/h5-6H,4H2,1-3H3,(H,12,13). The minimum atomic E-state index is -0.833. The molecule has 0 aliphatic rings. The minimum absolute atomic E-state index is 0.436. The number of carboxylic acid groups (broad SMARTS) is 1. The van der Waals surface area contributed by atoms with Crippen LogP contribution in [-0.2, 0) is 6.42 Å². The van der Waals surface area contributed by atoms with E-state index >= 15 is 0 Å². The lowest BCUT2D eigenvalue weighted by molar-refractivity contribution is 0.0695. The summed E-state index contributed by atoms with van der Waals surface area (Å²) in [6, 6.07) is 3.54. The molecule has 0 heterocycles. The second-order valence-electron chi connectivity index (χ2n) is 3.19. The molecule has 70 valence electrons. The molecule has 0 saturated heterocycles. The smallest absolute Gasteiger partial charge is 0.335 e. The van der Waals surface area contributed by atoms with E-state index < -0.39 is 5.97 Å². The van der Waals surface area contributed by atoms with Gasteiger partial charge >= 0.3 is 5.97 Å². The molecule has 0 unspecified atom stereocenters. The molecule has 0 aliphatic carbocycles. The lowest BCUT2D eigenvalue weighted by atomic mass is 9.96. The topological polar surface area (TPSA) is 37.3 Å². The molecule has 1 rings (SSSR count). The van der Waals surface area contributed by atoms with Crippen molar-refractivity contribution in [2.24, 2.45) is 0 Å². The highest BCUT2D eigenvalue weighted by Gasteiger charge is 2.11. The molecule has 0 fully saturated rings. The maximum absolute atomic E-state index is 10.8.